The van der Waals surface area contributed by atoms with Crippen LogP contribution in [0, 0.1) is 0 Å². The van der Waals surface area contributed by atoms with Gasteiger partial charge < -0.3 is 19.5 Å². The molecule has 23 heavy (non-hydrogen) atoms. The summed E-state index contributed by atoms with van der Waals surface area (Å²) in [5.74, 6) is 1.78. The van der Waals surface area contributed by atoms with Crippen LogP contribution < -0.4 is 14.4 Å². The van der Waals surface area contributed by atoms with Crippen molar-refractivity contribution in [3.63, 3.8) is 0 Å². The van der Waals surface area contributed by atoms with E-state index in [2.05, 4.69) is 24.0 Å². The molecule has 0 amide bonds. The first-order valence-electron chi connectivity index (χ1n) is 7.55. The van der Waals surface area contributed by atoms with Crippen LogP contribution in [0.1, 0.15) is 42.0 Å². The standard InChI is InChI=1S/C16H21N3O3S/c1-9(2)15-17-18-16(23-15)19-7-10-12(21-3)5-6-13(22-4)14(10)11(20)8-19/h5-6,9,11,20H,7-8H2,1-4H3/t11-/m0/s1. The largest absolute Gasteiger partial charge is 0.496 e. The Morgan fingerprint density at radius 1 is 1.22 bits per heavy atom. The molecule has 0 bridgehead atoms. The number of aliphatic hydroxyl groups is 1. The lowest BCUT2D eigenvalue weighted by molar-refractivity contribution is 0.169. The zero-order valence-electron chi connectivity index (χ0n) is 13.7. The van der Waals surface area contributed by atoms with Crippen molar-refractivity contribution in [2.45, 2.75) is 32.4 Å². The Hall–Kier alpha value is -1.86. The number of β-amino-alcohol motifs (C(OH)–C–C–N with tert-alkyl or cyclic N) is 1. The molecule has 0 saturated carbocycles. The zero-order chi connectivity index (χ0) is 16.6. The normalized spacial score (nSPS) is 17.3. The van der Waals surface area contributed by atoms with E-state index >= 15 is 0 Å². The molecule has 0 spiro atoms. The SMILES string of the molecule is COc1ccc(OC)c2c1CN(c1nnc(C(C)C)s1)C[C@@H]2O. The molecule has 7 heteroatoms. The maximum absolute atomic E-state index is 10.6. The van der Waals surface area contributed by atoms with Crippen LogP contribution in [-0.4, -0.2) is 36.1 Å². The summed E-state index contributed by atoms with van der Waals surface area (Å²) in [6, 6.07) is 3.70. The van der Waals surface area contributed by atoms with E-state index < -0.39 is 6.10 Å². The number of fused-ring (bicyclic) bond motifs is 1. The number of benzene rings is 1. The zero-order valence-corrected chi connectivity index (χ0v) is 14.6. The first kappa shape index (κ1) is 16.0. The fourth-order valence-electron chi connectivity index (χ4n) is 2.81. The molecule has 0 unspecified atom stereocenters. The van der Waals surface area contributed by atoms with Crippen molar-refractivity contribution in [3.8, 4) is 11.5 Å². The van der Waals surface area contributed by atoms with Gasteiger partial charge in [0.05, 0.1) is 20.8 Å². The van der Waals surface area contributed by atoms with E-state index in [9.17, 15) is 5.11 Å². The molecule has 1 atom stereocenters. The van der Waals surface area contributed by atoms with E-state index in [4.69, 9.17) is 9.47 Å². The van der Waals surface area contributed by atoms with Crippen LogP contribution in [0.3, 0.4) is 0 Å². The first-order valence-corrected chi connectivity index (χ1v) is 8.37. The lowest BCUT2D eigenvalue weighted by Crippen LogP contribution is -2.34. The molecular formula is C16H21N3O3S. The van der Waals surface area contributed by atoms with Gasteiger partial charge in [-0.05, 0) is 12.1 Å². The van der Waals surface area contributed by atoms with Crippen LogP contribution in [0.25, 0.3) is 0 Å². The maximum atomic E-state index is 10.6. The number of aliphatic hydroxyl groups excluding tert-OH is 1. The second-order valence-electron chi connectivity index (χ2n) is 5.84. The summed E-state index contributed by atoms with van der Waals surface area (Å²) in [4.78, 5) is 2.04. The third kappa shape index (κ3) is 2.86. The summed E-state index contributed by atoms with van der Waals surface area (Å²) in [7, 11) is 3.25. The topological polar surface area (TPSA) is 67.7 Å². The van der Waals surface area contributed by atoms with Gasteiger partial charge >= 0.3 is 0 Å². The van der Waals surface area contributed by atoms with Gasteiger partial charge in [0.25, 0.3) is 0 Å². The summed E-state index contributed by atoms with van der Waals surface area (Å²) >= 11 is 1.57. The molecule has 1 N–H and O–H groups in total. The minimum atomic E-state index is -0.657. The van der Waals surface area contributed by atoms with Gasteiger partial charge in [0.1, 0.15) is 22.6 Å². The molecular weight excluding hydrogens is 314 g/mol. The molecule has 0 saturated heterocycles. The van der Waals surface area contributed by atoms with Crippen LogP contribution in [-0.2, 0) is 6.54 Å². The number of methoxy groups -OCH3 is 2. The number of nitrogens with zero attached hydrogens (tertiary/aromatic N) is 3. The third-order valence-corrected chi connectivity index (χ3v) is 5.27. The average Bonchev–Trinajstić information content (AvgIpc) is 3.04. The minimum absolute atomic E-state index is 0.345. The highest BCUT2D eigenvalue weighted by molar-refractivity contribution is 7.15. The van der Waals surface area contributed by atoms with E-state index in [1.807, 2.05) is 17.0 Å². The summed E-state index contributed by atoms with van der Waals surface area (Å²) in [5.41, 5.74) is 1.74. The van der Waals surface area contributed by atoms with Crippen molar-refractivity contribution in [2.75, 3.05) is 25.7 Å². The van der Waals surface area contributed by atoms with Gasteiger partial charge in [0, 0.05) is 23.6 Å². The molecule has 1 aliphatic rings. The number of hydrogen-bond acceptors (Lipinski definition) is 7. The van der Waals surface area contributed by atoms with Gasteiger partial charge in [-0.15, -0.1) is 10.2 Å². The molecule has 0 radical (unpaired) electrons. The van der Waals surface area contributed by atoms with Crippen molar-refractivity contribution >= 4 is 16.5 Å². The lowest BCUT2D eigenvalue weighted by Gasteiger charge is -2.33. The Morgan fingerprint density at radius 3 is 2.52 bits per heavy atom. The van der Waals surface area contributed by atoms with Crippen LogP contribution in [0.2, 0.25) is 0 Å². The number of hydrogen-bond donors (Lipinski definition) is 1. The molecule has 3 rings (SSSR count). The quantitative estimate of drug-likeness (QED) is 0.927. The predicted molar refractivity (Wildman–Crippen MR) is 89.6 cm³/mol. The van der Waals surface area contributed by atoms with Crippen molar-refractivity contribution in [1.29, 1.82) is 0 Å². The van der Waals surface area contributed by atoms with Gasteiger partial charge in [0.2, 0.25) is 5.13 Å². The highest BCUT2D eigenvalue weighted by Crippen LogP contribution is 2.41. The van der Waals surface area contributed by atoms with Gasteiger partial charge in [-0.25, -0.2) is 0 Å². The van der Waals surface area contributed by atoms with E-state index in [0.29, 0.717) is 24.8 Å². The van der Waals surface area contributed by atoms with E-state index in [1.165, 1.54) is 0 Å². The maximum Gasteiger partial charge on any atom is 0.208 e. The summed E-state index contributed by atoms with van der Waals surface area (Å²) in [5, 5.41) is 21.0. The van der Waals surface area contributed by atoms with Gasteiger partial charge in [-0.2, -0.15) is 0 Å². The number of anilines is 1. The van der Waals surface area contributed by atoms with Crippen LogP contribution >= 0.6 is 11.3 Å². The summed E-state index contributed by atoms with van der Waals surface area (Å²) in [6.45, 7) is 5.26. The molecule has 6 nitrogen and oxygen atoms in total. The fraction of sp³-hybridized carbons (Fsp3) is 0.500. The third-order valence-electron chi connectivity index (χ3n) is 3.98. The first-order chi connectivity index (χ1) is 11.0. The monoisotopic (exact) mass is 335 g/mol. The van der Waals surface area contributed by atoms with Gasteiger partial charge in [-0.3, -0.25) is 0 Å². The van der Waals surface area contributed by atoms with Crippen molar-refractivity contribution < 1.29 is 14.6 Å². The molecule has 2 heterocycles. The average molecular weight is 335 g/mol. The smallest absolute Gasteiger partial charge is 0.208 e. The Balaban J connectivity index is 1.98. The number of rotatable bonds is 4. The molecule has 0 aliphatic carbocycles. The second kappa shape index (κ2) is 6.33. The molecule has 1 aromatic heterocycles. The van der Waals surface area contributed by atoms with E-state index in [0.717, 1.165) is 27.0 Å². The minimum Gasteiger partial charge on any atom is -0.496 e. The van der Waals surface area contributed by atoms with Crippen LogP contribution in [0.5, 0.6) is 11.5 Å². The van der Waals surface area contributed by atoms with Crippen molar-refractivity contribution in [2.24, 2.45) is 0 Å². The van der Waals surface area contributed by atoms with E-state index in [-0.39, 0.29) is 0 Å². The second-order valence-corrected chi connectivity index (χ2v) is 6.82. The Bertz CT molecular complexity index is 702. The molecule has 1 aliphatic heterocycles. The fourth-order valence-corrected chi connectivity index (χ4v) is 3.66. The molecule has 0 fully saturated rings. The molecule has 2 aromatic rings. The molecule has 124 valence electrons. The highest BCUT2D eigenvalue weighted by atomic mass is 32.1. The number of ether oxygens (including phenoxy) is 2. The van der Waals surface area contributed by atoms with Crippen LogP contribution in [0.15, 0.2) is 12.1 Å². The van der Waals surface area contributed by atoms with Gasteiger partial charge in [-0.1, -0.05) is 25.2 Å². The Kier molecular flexibility index (Phi) is 4.41. The predicted octanol–water partition coefficient (Wildman–Crippen LogP) is 2.73. The molecule has 1 aromatic carbocycles. The summed E-state index contributed by atoms with van der Waals surface area (Å²) in [6.07, 6.45) is -0.657. The van der Waals surface area contributed by atoms with Crippen molar-refractivity contribution in [1.82, 2.24) is 10.2 Å². The van der Waals surface area contributed by atoms with Crippen LogP contribution in [0.4, 0.5) is 5.13 Å². The lowest BCUT2D eigenvalue weighted by atomic mass is 9.95. The Labute approximate surface area is 139 Å². The van der Waals surface area contributed by atoms with Crippen molar-refractivity contribution in [3.05, 3.63) is 28.3 Å². The van der Waals surface area contributed by atoms with Gasteiger partial charge in [0.15, 0.2) is 0 Å². The van der Waals surface area contributed by atoms with E-state index in [1.54, 1.807) is 25.6 Å². The summed E-state index contributed by atoms with van der Waals surface area (Å²) < 4.78 is 10.9. The Morgan fingerprint density at radius 2 is 1.91 bits per heavy atom. The number of aromatic nitrogens is 2. The highest BCUT2D eigenvalue weighted by Gasteiger charge is 2.31.